The predicted molar refractivity (Wildman–Crippen MR) is 103 cm³/mol. The number of phenols is 1. The lowest BCUT2D eigenvalue weighted by Gasteiger charge is -2.19. The van der Waals surface area contributed by atoms with Crippen molar-refractivity contribution in [3.63, 3.8) is 0 Å². The van der Waals surface area contributed by atoms with E-state index in [0.29, 0.717) is 11.7 Å². The van der Waals surface area contributed by atoms with Crippen LogP contribution < -0.4 is 10.6 Å². The number of aromatic hydroxyl groups is 1. The van der Waals surface area contributed by atoms with Crippen molar-refractivity contribution in [1.29, 1.82) is 0 Å². The molecular weight excluding hydrogens is 330 g/mol. The van der Waals surface area contributed by atoms with Crippen molar-refractivity contribution >= 4 is 5.96 Å². The molecule has 26 heavy (non-hydrogen) atoms. The first-order valence-corrected chi connectivity index (χ1v) is 9.00. The summed E-state index contributed by atoms with van der Waals surface area (Å²) in [6, 6.07) is 10.9. The Labute approximate surface area is 155 Å². The Morgan fingerprint density at radius 2 is 1.88 bits per heavy atom. The van der Waals surface area contributed by atoms with E-state index in [9.17, 15) is 10.2 Å². The van der Waals surface area contributed by atoms with Crippen molar-refractivity contribution in [2.45, 2.75) is 39.2 Å². The van der Waals surface area contributed by atoms with Gasteiger partial charge in [-0.15, -0.1) is 0 Å². The summed E-state index contributed by atoms with van der Waals surface area (Å²) in [4.78, 5) is 4.48. The molecule has 1 heterocycles. The van der Waals surface area contributed by atoms with Crippen LogP contribution >= 0.6 is 0 Å². The van der Waals surface area contributed by atoms with E-state index in [2.05, 4.69) is 15.6 Å². The lowest BCUT2D eigenvalue weighted by atomic mass is 10.0. The third-order valence-corrected chi connectivity index (χ3v) is 4.03. The number of aliphatic hydroxyl groups is 1. The molecule has 2 aromatic rings. The van der Waals surface area contributed by atoms with Crippen LogP contribution in [0.5, 0.6) is 5.75 Å². The molecule has 1 aromatic carbocycles. The molecule has 0 fully saturated rings. The minimum Gasteiger partial charge on any atom is -0.508 e. The highest BCUT2D eigenvalue weighted by Gasteiger charge is 2.26. The maximum atomic E-state index is 10.6. The molecule has 1 atom stereocenters. The minimum atomic E-state index is -1.15. The Morgan fingerprint density at radius 1 is 1.15 bits per heavy atom. The van der Waals surface area contributed by atoms with Crippen LogP contribution in [-0.2, 0) is 12.0 Å². The second kappa shape index (κ2) is 9.29. The molecule has 6 heteroatoms. The van der Waals surface area contributed by atoms with Gasteiger partial charge in [0.05, 0.1) is 6.54 Å². The summed E-state index contributed by atoms with van der Waals surface area (Å²) in [6.45, 7) is 7.25. The first-order valence-electron chi connectivity index (χ1n) is 9.00. The largest absolute Gasteiger partial charge is 0.508 e. The molecule has 0 aliphatic heterocycles. The second-order valence-electron chi connectivity index (χ2n) is 6.58. The predicted octanol–water partition coefficient (Wildman–Crippen LogP) is 2.69. The number of phenolic OH excluding ortho intramolecular Hbond substituents is 1. The van der Waals surface area contributed by atoms with E-state index >= 15 is 0 Å². The summed E-state index contributed by atoms with van der Waals surface area (Å²) in [5.41, 5.74) is 0.0329. The molecular formula is C20H29N3O3. The average molecular weight is 359 g/mol. The van der Waals surface area contributed by atoms with Crippen molar-refractivity contribution in [2.75, 3.05) is 19.6 Å². The van der Waals surface area contributed by atoms with Gasteiger partial charge < -0.3 is 25.3 Å². The summed E-state index contributed by atoms with van der Waals surface area (Å²) >= 11 is 0. The fourth-order valence-corrected chi connectivity index (χ4v) is 2.54. The van der Waals surface area contributed by atoms with Crippen molar-refractivity contribution < 1.29 is 14.6 Å². The third kappa shape index (κ3) is 6.11. The van der Waals surface area contributed by atoms with Crippen LogP contribution in [0.15, 0.2) is 45.8 Å². The lowest BCUT2D eigenvalue weighted by molar-refractivity contribution is 0.0428. The van der Waals surface area contributed by atoms with Crippen LogP contribution in [0.3, 0.4) is 0 Å². The number of hydrogen-bond acceptors (Lipinski definition) is 4. The number of aryl methyl sites for hydroxylation is 2. The molecule has 142 valence electrons. The van der Waals surface area contributed by atoms with Gasteiger partial charge in [-0.3, -0.25) is 0 Å². The average Bonchev–Trinajstić information content (AvgIpc) is 3.05. The number of benzene rings is 1. The molecule has 0 amide bonds. The highest BCUT2D eigenvalue weighted by Crippen LogP contribution is 2.23. The fourth-order valence-electron chi connectivity index (χ4n) is 2.54. The number of rotatable bonds is 8. The first kappa shape index (κ1) is 19.8. The Hall–Kier alpha value is -2.47. The van der Waals surface area contributed by atoms with Gasteiger partial charge >= 0.3 is 0 Å². The molecule has 6 nitrogen and oxygen atoms in total. The Morgan fingerprint density at radius 3 is 2.50 bits per heavy atom. The summed E-state index contributed by atoms with van der Waals surface area (Å²) in [7, 11) is 0. The van der Waals surface area contributed by atoms with Gasteiger partial charge in [-0.1, -0.05) is 12.1 Å². The molecule has 1 unspecified atom stereocenters. The molecule has 1 aromatic heterocycles. The molecule has 0 saturated carbocycles. The number of nitrogens with one attached hydrogen (secondary N) is 2. The van der Waals surface area contributed by atoms with Crippen molar-refractivity contribution in [3.05, 3.63) is 53.5 Å². The molecule has 4 N–H and O–H groups in total. The Balaban J connectivity index is 1.84. The molecule has 0 saturated heterocycles. The topological polar surface area (TPSA) is 90.0 Å². The molecule has 0 radical (unpaired) electrons. The van der Waals surface area contributed by atoms with Crippen LogP contribution in [0.25, 0.3) is 0 Å². The van der Waals surface area contributed by atoms with Gasteiger partial charge in [0.25, 0.3) is 0 Å². The van der Waals surface area contributed by atoms with E-state index in [0.717, 1.165) is 31.7 Å². The second-order valence-corrected chi connectivity index (χ2v) is 6.58. The molecule has 0 aliphatic carbocycles. The Bertz CT molecular complexity index is 705. The third-order valence-electron chi connectivity index (χ3n) is 4.03. The van der Waals surface area contributed by atoms with E-state index in [4.69, 9.17) is 4.42 Å². The van der Waals surface area contributed by atoms with E-state index < -0.39 is 5.60 Å². The van der Waals surface area contributed by atoms with Crippen molar-refractivity contribution in [2.24, 2.45) is 4.99 Å². The quantitative estimate of drug-likeness (QED) is 0.331. The van der Waals surface area contributed by atoms with E-state index in [1.165, 1.54) is 5.56 Å². The smallest absolute Gasteiger partial charge is 0.191 e. The van der Waals surface area contributed by atoms with E-state index in [1.54, 1.807) is 25.1 Å². The molecule has 0 spiro atoms. The maximum Gasteiger partial charge on any atom is 0.191 e. The molecule has 0 bridgehead atoms. The van der Waals surface area contributed by atoms with E-state index in [1.807, 2.05) is 32.0 Å². The Kier molecular flexibility index (Phi) is 7.09. The summed E-state index contributed by atoms with van der Waals surface area (Å²) < 4.78 is 5.52. The van der Waals surface area contributed by atoms with Gasteiger partial charge in [0, 0.05) is 13.1 Å². The van der Waals surface area contributed by atoms with Gasteiger partial charge in [0.15, 0.2) is 5.96 Å². The monoisotopic (exact) mass is 359 g/mol. The van der Waals surface area contributed by atoms with Crippen LogP contribution in [0.2, 0.25) is 0 Å². The van der Waals surface area contributed by atoms with Gasteiger partial charge in [-0.25, -0.2) is 4.99 Å². The zero-order valence-corrected chi connectivity index (χ0v) is 15.7. The first-order chi connectivity index (χ1) is 12.4. The zero-order chi connectivity index (χ0) is 19.0. The van der Waals surface area contributed by atoms with E-state index in [-0.39, 0.29) is 12.3 Å². The van der Waals surface area contributed by atoms with Gasteiger partial charge in [0.1, 0.15) is 22.9 Å². The number of nitrogens with zero attached hydrogens (tertiary/aromatic N) is 1. The van der Waals surface area contributed by atoms with Gasteiger partial charge in [-0.05, 0) is 63.4 Å². The number of guanidine groups is 1. The van der Waals surface area contributed by atoms with Crippen LogP contribution in [0.1, 0.15) is 37.4 Å². The summed E-state index contributed by atoms with van der Waals surface area (Å²) in [6.07, 6.45) is 1.85. The maximum absolute atomic E-state index is 10.6. The SMILES string of the molecule is CCNC(=NCC(C)(O)c1ccc(C)o1)NCCCc1ccc(O)cc1. The van der Waals surface area contributed by atoms with Crippen LogP contribution in [-0.4, -0.2) is 35.8 Å². The van der Waals surface area contributed by atoms with Gasteiger partial charge in [0.2, 0.25) is 0 Å². The summed E-state index contributed by atoms with van der Waals surface area (Å²) in [5, 5.41) is 26.3. The minimum absolute atomic E-state index is 0.202. The van der Waals surface area contributed by atoms with Crippen molar-refractivity contribution in [3.8, 4) is 5.75 Å². The molecule has 0 aliphatic rings. The van der Waals surface area contributed by atoms with Crippen LogP contribution in [0.4, 0.5) is 0 Å². The van der Waals surface area contributed by atoms with Crippen LogP contribution in [0, 0.1) is 6.92 Å². The standard InChI is InChI=1S/C20H29N3O3/c1-4-21-19(22-13-5-6-16-8-10-17(24)11-9-16)23-14-20(3,25)18-12-7-15(2)26-18/h7-12,24-25H,4-6,13-14H2,1-3H3,(H2,21,22,23). The zero-order valence-electron chi connectivity index (χ0n) is 15.7. The van der Waals surface area contributed by atoms with Crippen molar-refractivity contribution in [1.82, 2.24) is 10.6 Å². The normalized spacial score (nSPS) is 14.1. The highest BCUT2D eigenvalue weighted by molar-refractivity contribution is 5.79. The van der Waals surface area contributed by atoms with Gasteiger partial charge in [-0.2, -0.15) is 0 Å². The fraction of sp³-hybridized carbons (Fsp3) is 0.450. The highest BCUT2D eigenvalue weighted by atomic mass is 16.4. The summed E-state index contributed by atoms with van der Waals surface area (Å²) in [5.74, 6) is 2.24. The lowest BCUT2D eigenvalue weighted by Crippen LogP contribution is -2.39. The number of hydrogen-bond donors (Lipinski definition) is 4. The number of aliphatic imine (C=N–C) groups is 1. The number of furan rings is 1. The molecule has 2 rings (SSSR count).